The number of rotatable bonds is 4. The fourth-order valence-corrected chi connectivity index (χ4v) is 2.90. The van der Waals surface area contributed by atoms with E-state index in [1.807, 2.05) is 12.1 Å². The quantitative estimate of drug-likeness (QED) is 0.643. The summed E-state index contributed by atoms with van der Waals surface area (Å²) in [4.78, 5) is 27.1. The molecule has 0 saturated carbocycles. The standard InChI is InChI=1S/C15H13BrN2O3S/c1-3-6-21-12-5-4-11(16)7-10(12)8-13-14(20)18-15(22-13)17-9(2)19/h3-5,7-8H,1,6H2,2H3,(H,17,18,19,20)/b13-8-. The second-order valence-electron chi connectivity index (χ2n) is 4.30. The SMILES string of the molecule is C=CCOc1ccc(Br)cc1/C=C1\SC(NC(C)=O)=NC1=O. The van der Waals surface area contributed by atoms with Crippen molar-refractivity contribution in [2.45, 2.75) is 6.92 Å². The topological polar surface area (TPSA) is 67.8 Å². The van der Waals surface area contributed by atoms with Crippen molar-refractivity contribution in [1.82, 2.24) is 5.32 Å². The number of amides is 2. The highest BCUT2D eigenvalue weighted by molar-refractivity contribution is 9.10. The van der Waals surface area contributed by atoms with E-state index >= 15 is 0 Å². The zero-order chi connectivity index (χ0) is 16.1. The van der Waals surface area contributed by atoms with Gasteiger partial charge in [-0.3, -0.25) is 9.59 Å². The molecule has 7 heteroatoms. The Morgan fingerprint density at radius 3 is 3.00 bits per heavy atom. The number of carbonyl (C=O) groups is 2. The number of hydrogen-bond acceptors (Lipinski definition) is 4. The third-order valence-corrected chi connectivity index (χ3v) is 3.91. The van der Waals surface area contributed by atoms with E-state index in [2.05, 4.69) is 32.8 Å². The van der Waals surface area contributed by atoms with Gasteiger partial charge in [0.1, 0.15) is 12.4 Å². The van der Waals surface area contributed by atoms with Crippen molar-refractivity contribution < 1.29 is 14.3 Å². The van der Waals surface area contributed by atoms with E-state index in [1.54, 1.807) is 18.2 Å². The van der Waals surface area contributed by atoms with Crippen LogP contribution in [-0.4, -0.2) is 23.6 Å². The normalized spacial score (nSPS) is 15.6. The van der Waals surface area contributed by atoms with Crippen LogP contribution in [-0.2, 0) is 9.59 Å². The van der Waals surface area contributed by atoms with Crippen molar-refractivity contribution in [2.75, 3.05) is 6.61 Å². The summed E-state index contributed by atoms with van der Waals surface area (Å²) in [5.74, 6) is -0.0156. The smallest absolute Gasteiger partial charge is 0.286 e. The van der Waals surface area contributed by atoms with Gasteiger partial charge in [-0.1, -0.05) is 28.6 Å². The van der Waals surface area contributed by atoms with Crippen LogP contribution in [0.2, 0.25) is 0 Å². The van der Waals surface area contributed by atoms with Gasteiger partial charge in [0.2, 0.25) is 5.91 Å². The van der Waals surface area contributed by atoms with Crippen LogP contribution in [0.1, 0.15) is 12.5 Å². The molecule has 2 rings (SSSR count). The van der Waals surface area contributed by atoms with Crippen LogP contribution < -0.4 is 10.1 Å². The zero-order valence-electron chi connectivity index (χ0n) is 11.8. The van der Waals surface area contributed by atoms with Crippen LogP contribution in [0.4, 0.5) is 0 Å². The number of nitrogens with one attached hydrogen (secondary N) is 1. The van der Waals surface area contributed by atoms with Gasteiger partial charge in [0.15, 0.2) is 5.17 Å². The number of aliphatic imine (C=N–C) groups is 1. The van der Waals surface area contributed by atoms with Crippen molar-refractivity contribution in [3.8, 4) is 5.75 Å². The minimum Gasteiger partial charge on any atom is -0.489 e. The fraction of sp³-hybridized carbons (Fsp3) is 0.133. The van der Waals surface area contributed by atoms with Crippen LogP contribution in [0.5, 0.6) is 5.75 Å². The van der Waals surface area contributed by atoms with E-state index in [-0.39, 0.29) is 17.0 Å². The predicted octanol–water partition coefficient (Wildman–Crippen LogP) is 3.12. The van der Waals surface area contributed by atoms with Crippen LogP contribution >= 0.6 is 27.7 Å². The van der Waals surface area contributed by atoms with Crippen LogP contribution in [0, 0.1) is 0 Å². The summed E-state index contributed by atoms with van der Waals surface area (Å²) in [6, 6.07) is 5.50. The summed E-state index contributed by atoms with van der Waals surface area (Å²) in [6.07, 6.45) is 3.33. The molecule has 0 radical (unpaired) electrons. The van der Waals surface area contributed by atoms with E-state index in [1.165, 1.54) is 6.92 Å². The molecule has 1 aromatic carbocycles. The average molecular weight is 381 g/mol. The molecule has 0 bridgehead atoms. The van der Waals surface area contributed by atoms with Gasteiger partial charge >= 0.3 is 0 Å². The van der Waals surface area contributed by atoms with Gasteiger partial charge in [0, 0.05) is 17.0 Å². The lowest BCUT2D eigenvalue weighted by atomic mass is 10.2. The molecule has 2 amide bonds. The fourth-order valence-electron chi connectivity index (χ4n) is 1.67. The van der Waals surface area contributed by atoms with Crippen molar-refractivity contribution in [3.63, 3.8) is 0 Å². The lowest BCUT2D eigenvalue weighted by Gasteiger charge is -2.08. The molecule has 22 heavy (non-hydrogen) atoms. The molecule has 1 aromatic rings. The molecule has 0 saturated heterocycles. The molecule has 114 valence electrons. The second-order valence-corrected chi connectivity index (χ2v) is 6.24. The van der Waals surface area contributed by atoms with Crippen molar-refractivity contribution in [1.29, 1.82) is 0 Å². The highest BCUT2D eigenvalue weighted by Gasteiger charge is 2.23. The van der Waals surface area contributed by atoms with Gasteiger partial charge in [0.05, 0.1) is 4.91 Å². The molecule has 0 atom stereocenters. The van der Waals surface area contributed by atoms with Gasteiger partial charge in [-0.25, -0.2) is 0 Å². The van der Waals surface area contributed by atoms with Crippen LogP contribution in [0.3, 0.4) is 0 Å². The molecule has 1 N–H and O–H groups in total. The maximum Gasteiger partial charge on any atom is 0.286 e. The van der Waals surface area contributed by atoms with E-state index in [9.17, 15) is 9.59 Å². The highest BCUT2D eigenvalue weighted by atomic mass is 79.9. The Morgan fingerprint density at radius 2 is 2.32 bits per heavy atom. The zero-order valence-corrected chi connectivity index (χ0v) is 14.2. The minimum atomic E-state index is -0.386. The first-order valence-corrected chi connectivity index (χ1v) is 7.94. The lowest BCUT2D eigenvalue weighted by molar-refractivity contribution is -0.117. The van der Waals surface area contributed by atoms with Gasteiger partial charge < -0.3 is 10.1 Å². The maximum absolute atomic E-state index is 11.9. The number of benzene rings is 1. The van der Waals surface area contributed by atoms with Crippen LogP contribution in [0.25, 0.3) is 6.08 Å². The Balaban J connectivity index is 2.26. The minimum absolute atomic E-state index is 0.266. The average Bonchev–Trinajstić information content (AvgIpc) is 2.77. The van der Waals surface area contributed by atoms with Crippen molar-refractivity contribution in [3.05, 3.63) is 45.8 Å². The van der Waals surface area contributed by atoms with E-state index in [0.717, 1.165) is 21.8 Å². The molecule has 0 fully saturated rings. The Hall–Kier alpha value is -1.86. The first kappa shape index (κ1) is 16.5. The summed E-state index contributed by atoms with van der Waals surface area (Å²) < 4.78 is 6.43. The molecule has 5 nitrogen and oxygen atoms in total. The third-order valence-electron chi connectivity index (χ3n) is 2.52. The Kier molecular flexibility index (Phi) is 5.57. The molecule has 0 aliphatic carbocycles. The monoisotopic (exact) mass is 380 g/mol. The first-order chi connectivity index (χ1) is 10.5. The van der Waals surface area contributed by atoms with E-state index < -0.39 is 0 Å². The van der Waals surface area contributed by atoms with Crippen LogP contribution in [0.15, 0.2) is 45.2 Å². The summed E-state index contributed by atoms with van der Waals surface area (Å²) in [5.41, 5.74) is 0.742. The summed E-state index contributed by atoms with van der Waals surface area (Å²) in [6.45, 7) is 5.34. The van der Waals surface area contributed by atoms with Gasteiger partial charge in [-0.05, 0) is 36.0 Å². The van der Waals surface area contributed by atoms with Crippen molar-refractivity contribution in [2.24, 2.45) is 4.99 Å². The summed E-state index contributed by atoms with van der Waals surface area (Å²) >= 11 is 4.51. The number of carbonyl (C=O) groups excluding carboxylic acids is 2. The van der Waals surface area contributed by atoms with Gasteiger partial charge in [0.25, 0.3) is 5.91 Å². The number of thioether (sulfide) groups is 1. The molecular formula is C15H13BrN2O3S. The molecular weight excluding hydrogens is 368 g/mol. The molecule has 0 unspecified atom stereocenters. The lowest BCUT2D eigenvalue weighted by Crippen LogP contribution is -2.23. The molecule has 0 aromatic heterocycles. The van der Waals surface area contributed by atoms with Crippen molar-refractivity contribution >= 4 is 50.7 Å². The first-order valence-electron chi connectivity index (χ1n) is 6.33. The number of hydrogen-bond donors (Lipinski definition) is 1. The second kappa shape index (κ2) is 7.42. The largest absolute Gasteiger partial charge is 0.489 e. The molecule has 1 aliphatic heterocycles. The number of ether oxygens (including phenoxy) is 1. The Bertz CT molecular complexity index is 698. The van der Waals surface area contributed by atoms with Gasteiger partial charge in [-0.15, -0.1) is 0 Å². The van der Waals surface area contributed by atoms with E-state index in [4.69, 9.17) is 4.74 Å². The maximum atomic E-state index is 11.9. The predicted molar refractivity (Wildman–Crippen MR) is 91.7 cm³/mol. The molecule has 1 heterocycles. The highest BCUT2D eigenvalue weighted by Crippen LogP contribution is 2.31. The Labute approximate surface area is 140 Å². The summed E-state index contributed by atoms with van der Waals surface area (Å²) in [5, 5.41) is 2.79. The number of amidine groups is 1. The number of nitrogens with zero attached hydrogens (tertiary/aromatic N) is 1. The number of halogens is 1. The Morgan fingerprint density at radius 1 is 1.55 bits per heavy atom. The molecule has 0 spiro atoms. The third kappa shape index (κ3) is 4.32. The van der Waals surface area contributed by atoms with Gasteiger partial charge in [-0.2, -0.15) is 4.99 Å². The molecule has 1 aliphatic rings. The summed E-state index contributed by atoms with van der Waals surface area (Å²) in [7, 11) is 0. The van der Waals surface area contributed by atoms with E-state index in [0.29, 0.717) is 17.3 Å².